The van der Waals surface area contributed by atoms with Crippen LogP contribution in [0.3, 0.4) is 0 Å². The van der Waals surface area contributed by atoms with Crippen LogP contribution in [0.5, 0.6) is 0 Å². The summed E-state index contributed by atoms with van der Waals surface area (Å²) in [6, 6.07) is 1.76. The van der Waals surface area contributed by atoms with Gasteiger partial charge in [0.25, 0.3) is 0 Å². The van der Waals surface area contributed by atoms with E-state index in [4.69, 9.17) is 5.73 Å². The van der Waals surface area contributed by atoms with Crippen LogP contribution in [-0.2, 0) is 0 Å². The highest BCUT2D eigenvalue weighted by Crippen LogP contribution is 2.26. The minimum atomic E-state index is -0.855. The second-order valence-corrected chi connectivity index (χ2v) is 4.20. The maximum absolute atomic E-state index is 13.8. The zero-order valence-electron chi connectivity index (χ0n) is 8.58. The minimum absolute atomic E-state index is 0.120. The van der Waals surface area contributed by atoms with Crippen molar-refractivity contribution in [3.8, 4) is 0 Å². The lowest BCUT2D eigenvalue weighted by Gasteiger charge is -2.13. The molecule has 1 atom stereocenters. The van der Waals surface area contributed by atoms with E-state index in [1.165, 1.54) is 23.5 Å². The molecule has 16 heavy (non-hydrogen) atoms. The lowest BCUT2D eigenvalue weighted by Crippen LogP contribution is -2.16. The van der Waals surface area contributed by atoms with Crippen molar-refractivity contribution in [3.63, 3.8) is 0 Å². The number of thiazole rings is 1. The first-order valence-corrected chi connectivity index (χ1v) is 5.63. The molecular formula is C11H10F2N2S. The molecule has 0 aliphatic carbocycles. The number of nitrogens with two attached hydrogens (primary N) is 1. The van der Waals surface area contributed by atoms with Gasteiger partial charge in [0, 0.05) is 10.9 Å². The minimum Gasteiger partial charge on any atom is -0.319 e. The predicted molar refractivity (Wildman–Crippen MR) is 59.2 cm³/mol. The SMILES string of the molecule is Cc1ccc(F)c(C(N)c2cscn2)c1F. The molecule has 0 amide bonds. The van der Waals surface area contributed by atoms with E-state index in [0.717, 1.165) is 0 Å². The van der Waals surface area contributed by atoms with E-state index in [1.807, 2.05) is 0 Å². The lowest BCUT2D eigenvalue weighted by molar-refractivity contribution is 0.536. The molecule has 2 nitrogen and oxygen atoms in total. The molecule has 1 unspecified atom stereocenters. The highest BCUT2D eigenvalue weighted by molar-refractivity contribution is 7.07. The molecule has 2 aromatic rings. The van der Waals surface area contributed by atoms with Crippen molar-refractivity contribution in [2.75, 3.05) is 0 Å². The zero-order valence-corrected chi connectivity index (χ0v) is 9.39. The Kier molecular flexibility index (Phi) is 2.98. The summed E-state index contributed by atoms with van der Waals surface area (Å²) in [5.74, 6) is -1.23. The van der Waals surface area contributed by atoms with Crippen LogP contribution in [-0.4, -0.2) is 4.98 Å². The Bertz CT molecular complexity index is 497. The molecule has 0 bridgehead atoms. The molecule has 0 spiro atoms. The van der Waals surface area contributed by atoms with Crippen molar-refractivity contribution in [1.82, 2.24) is 4.98 Å². The third-order valence-electron chi connectivity index (χ3n) is 2.40. The first-order chi connectivity index (χ1) is 7.61. The fourth-order valence-corrected chi connectivity index (χ4v) is 2.08. The van der Waals surface area contributed by atoms with E-state index in [2.05, 4.69) is 4.98 Å². The summed E-state index contributed by atoms with van der Waals surface area (Å²) in [6.07, 6.45) is 0. The average Bonchev–Trinajstić information content (AvgIpc) is 2.77. The van der Waals surface area contributed by atoms with Crippen LogP contribution in [0.4, 0.5) is 8.78 Å². The van der Waals surface area contributed by atoms with E-state index in [0.29, 0.717) is 11.3 Å². The van der Waals surface area contributed by atoms with Gasteiger partial charge in [-0.3, -0.25) is 0 Å². The average molecular weight is 240 g/mol. The fraction of sp³-hybridized carbons (Fsp3) is 0.182. The zero-order chi connectivity index (χ0) is 11.7. The number of hydrogen-bond acceptors (Lipinski definition) is 3. The lowest BCUT2D eigenvalue weighted by atomic mass is 10.0. The van der Waals surface area contributed by atoms with Crippen LogP contribution in [0, 0.1) is 18.6 Å². The van der Waals surface area contributed by atoms with Gasteiger partial charge < -0.3 is 5.73 Å². The van der Waals surface area contributed by atoms with Crippen LogP contribution in [0.15, 0.2) is 23.0 Å². The van der Waals surface area contributed by atoms with Crippen molar-refractivity contribution in [3.05, 3.63) is 51.5 Å². The van der Waals surface area contributed by atoms with Gasteiger partial charge in [-0.15, -0.1) is 11.3 Å². The Morgan fingerprint density at radius 1 is 1.38 bits per heavy atom. The fourth-order valence-electron chi connectivity index (χ4n) is 1.49. The van der Waals surface area contributed by atoms with Gasteiger partial charge in [0.1, 0.15) is 11.6 Å². The van der Waals surface area contributed by atoms with Crippen molar-refractivity contribution in [1.29, 1.82) is 0 Å². The standard InChI is InChI=1S/C11H10F2N2S/c1-6-2-3-7(12)9(10(6)13)11(14)8-4-16-5-15-8/h2-5,11H,14H2,1H3. The Morgan fingerprint density at radius 2 is 2.12 bits per heavy atom. The van der Waals surface area contributed by atoms with Gasteiger partial charge in [-0.25, -0.2) is 13.8 Å². The predicted octanol–water partition coefficient (Wildman–Crippen LogP) is 2.78. The van der Waals surface area contributed by atoms with Crippen molar-refractivity contribution >= 4 is 11.3 Å². The number of rotatable bonds is 2. The smallest absolute Gasteiger partial charge is 0.134 e. The topological polar surface area (TPSA) is 38.9 Å². The van der Waals surface area contributed by atoms with Crippen molar-refractivity contribution in [2.24, 2.45) is 5.73 Å². The summed E-state index contributed by atoms with van der Waals surface area (Å²) in [4.78, 5) is 3.96. The van der Waals surface area contributed by atoms with Crippen LogP contribution < -0.4 is 5.73 Å². The van der Waals surface area contributed by atoms with E-state index in [9.17, 15) is 8.78 Å². The molecule has 84 valence electrons. The van der Waals surface area contributed by atoms with Gasteiger partial charge in [0.2, 0.25) is 0 Å². The molecule has 0 fully saturated rings. The number of aryl methyl sites for hydroxylation is 1. The molecular weight excluding hydrogens is 230 g/mol. The summed E-state index contributed by atoms with van der Waals surface area (Å²) >= 11 is 1.34. The summed E-state index contributed by atoms with van der Waals surface area (Å²) in [5.41, 5.74) is 8.12. The second kappa shape index (κ2) is 4.27. The first kappa shape index (κ1) is 11.2. The van der Waals surface area contributed by atoms with Gasteiger partial charge in [0.05, 0.1) is 17.2 Å². The summed E-state index contributed by atoms with van der Waals surface area (Å²) in [7, 11) is 0. The molecule has 0 saturated carbocycles. The highest BCUT2D eigenvalue weighted by Gasteiger charge is 2.20. The van der Waals surface area contributed by atoms with Crippen LogP contribution in [0.25, 0.3) is 0 Å². The third-order valence-corrected chi connectivity index (χ3v) is 3.01. The molecule has 5 heteroatoms. The number of aromatic nitrogens is 1. The Balaban J connectivity index is 2.52. The molecule has 0 saturated heterocycles. The van der Waals surface area contributed by atoms with Crippen molar-refractivity contribution in [2.45, 2.75) is 13.0 Å². The summed E-state index contributed by atoms with van der Waals surface area (Å²) < 4.78 is 27.3. The molecule has 2 rings (SSSR count). The van der Waals surface area contributed by atoms with E-state index in [1.54, 1.807) is 17.8 Å². The Morgan fingerprint density at radius 3 is 2.75 bits per heavy atom. The second-order valence-electron chi connectivity index (χ2n) is 3.48. The monoisotopic (exact) mass is 240 g/mol. The van der Waals surface area contributed by atoms with Gasteiger partial charge >= 0.3 is 0 Å². The maximum Gasteiger partial charge on any atom is 0.134 e. The van der Waals surface area contributed by atoms with Crippen LogP contribution in [0.2, 0.25) is 0 Å². The Hall–Kier alpha value is -1.33. The van der Waals surface area contributed by atoms with E-state index >= 15 is 0 Å². The van der Waals surface area contributed by atoms with Gasteiger partial charge in [-0.1, -0.05) is 6.07 Å². The quantitative estimate of drug-likeness (QED) is 0.876. The first-order valence-electron chi connectivity index (χ1n) is 4.69. The summed E-state index contributed by atoms with van der Waals surface area (Å²) in [5, 5.41) is 1.69. The van der Waals surface area contributed by atoms with Crippen LogP contribution >= 0.6 is 11.3 Å². The van der Waals surface area contributed by atoms with Crippen LogP contribution in [0.1, 0.15) is 22.9 Å². The number of benzene rings is 1. The summed E-state index contributed by atoms with van der Waals surface area (Å²) in [6.45, 7) is 1.58. The van der Waals surface area contributed by atoms with Gasteiger partial charge in [0.15, 0.2) is 0 Å². The van der Waals surface area contributed by atoms with E-state index < -0.39 is 17.7 Å². The third kappa shape index (κ3) is 1.83. The number of nitrogens with zero attached hydrogens (tertiary/aromatic N) is 1. The molecule has 0 aliphatic rings. The molecule has 0 radical (unpaired) electrons. The number of halogens is 2. The maximum atomic E-state index is 13.8. The molecule has 1 aromatic carbocycles. The largest absolute Gasteiger partial charge is 0.319 e. The van der Waals surface area contributed by atoms with E-state index in [-0.39, 0.29) is 5.56 Å². The van der Waals surface area contributed by atoms with Gasteiger partial charge in [-0.05, 0) is 18.6 Å². The molecule has 1 aromatic heterocycles. The van der Waals surface area contributed by atoms with Gasteiger partial charge in [-0.2, -0.15) is 0 Å². The molecule has 0 aliphatic heterocycles. The molecule has 1 heterocycles. The highest BCUT2D eigenvalue weighted by atomic mass is 32.1. The normalized spacial score (nSPS) is 12.8. The number of hydrogen-bond donors (Lipinski definition) is 1. The molecule has 2 N–H and O–H groups in total. The Labute approximate surface area is 95.7 Å². The van der Waals surface area contributed by atoms with Crippen molar-refractivity contribution < 1.29 is 8.78 Å².